The molecule has 2 aliphatic rings. The lowest BCUT2D eigenvalue weighted by atomic mass is 9.72. The van der Waals surface area contributed by atoms with E-state index in [9.17, 15) is 14.0 Å². The van der Waals surface area contributed by atoms with Crippen molar-refractivity contribution in [3.05, 3.63) is 124 Å². The molecule has 0 spiro atoms. The number of hydrogen-bond donors (Lipinski definition) is 0. The molecule has 0 N–H and O–H groups in total. The largest absolute Gasteiger partial charge is 0.497 e. The first-order valence-electron chi connectivity index (χ1n) is 13.2. The van der Waals surface area contributed by atoms with Gasteiger partial charge in [0.05, 0.1) is 40.5 Å². The number of aliphatic imine (C=N–C) groups is 1. The third kappa shape index (κ3) is 5.14. The molecule has 206 valence electrons. The molecule has 1 saturated carbocycles. The molecule has 3 unspecified atom stereocenters. The fraction of sp³-hybridized carbons (Fsp3) is 0.182. The van der Waals surface area contributed by atoms with Crippen LogP contribution in [0.1, 0.15) is 46.3 Å². The quantitative estimate of drug-likeness (QED) is 0.241. The molecular weight excluding hydrogens is 562 g/mol. The maximum Gasteiger partial charge on any atom is 0.259 e. The molecule has 0 radical (unpaired) electrons. The number of anilines is 1. The van der Waals surface area contributed by atoms with Gasteiger partial charge in [0.25, 0.3) is 5.91 Å². The summed E-state index contributed by atoms with van der Waals surface area (Å²) in [7, 11) is 1.58. The van der Waals surface area contributed by atoms with Crippen molar-refractivity contribution in [1.82, 2.24) is 0 Å². The second-order valence-corrected chi connectivity index (χ2v) is 11.0. The first kappa shape index (κ1) is 27.2. The lowest BCUT2D eigenvalue weighted by Crippen LogP contribution is -2.45. The Labute approximate surface area is 247 Å². The minimum Gasteiger partial charge on any atom is -0.497 e. The average Bonchev–Trinajstić information content (AvgIpc) is 3.13. The highest BCUT2D eigenvalue weighted by Gasteiger charge is 2.46. The molecule has 8 heteroatoms. The molecule has 4 aromatic carbocycles. The summed E-state index contributed by atoms with van der Waals surface area (Å²) in [6, 6.07) is 25.1. The van der Waals surface area contributed by atoms with Crippen molar-refractivity contribution < 1.29 is 18.7 Å². The van der Waals surface area contributed by atoms with Gasteiger partial charge >= 0.3 is 0 Å². The number of fused-ring (bicyclic) bond motifs is 2. The van der Waals surface area contributed by atoms with Crippen LogP contribution in [0, 0.1) is 11.7 Å². The maximum atomic E-state index is 14.4. The van der Waals surface area contributed by atoms with E-state index in [0.717, 1.165) is 11.1 Å². The van der Waals surface area contributed by atoms with Crippen LogP contribution < -0.4 is 9.64 Å². The van der Waals surface area contributed by atoms with E-state index in [1.165, 1.54) is 18.2 Å². The van der Waals surface area contributed by atoms with Crippen molar-refractivity contribution in [2.24, 2.45) is 10.9 Å². The van der Waals surface area contributed by atoms with Crippen molar-refractivity contribution >= 4 is 52.0 Å². The van der Waals surface area contributed by atoms with Gasteiger partial charge in [-0.25, -0.2) is 4.39 Å². The van der Waals surface area contributed by atoms with Crippen molar-refractivity contribution in [1.29, 1.82) is 0 Å². The van der Waals surface area contributed by atoms with Crippen LogP contribution in [-0.4, -0.2) is 24.5 Å². The van der Waals surface area contributed by atoms with Crippen LogP contribution in [0.25, 0.3) is 0 Å². The lowest BCUT2D eigenvalue weighted by molar-refractivity contribution is -0.122. The number of amides is 1. The highest BCUT2D eigenvalue weighted by molar-refractivity contribution is 6.42. The van der Waals surface area contributed by atoms with Crippen molar-refractivity contribution in [2.75, 3.05) is 12.0 Å². The first-order chi connectivity index (χ1) is 19.8. The van der Waals surface area contributed by atoms with Crippen molar-refractivity contribution in [3.8, 4) is 5.75 Å². The summed E-state index contributed by atoms with van der Waals surface area (Å²) < 4.78 is 19.5. The van der Waals surface area contributed by atoms with E-state index in [1.807, 2.05) is 54.6 Å². The van der Waals surface area contributed by atoms with Gasteiger partial charge < -0.3 is 4.74 Å². The smallest absolute Gasteiger partial charge is 0.259 e. The number of rotatable bonds is 4. The van der Waals surface area contributed by atoms with Gasteiger partial charge in [-0.05, 0) is 78.1 Å². The number of nitrogens with zero attached hydrogens (tertiary/aromatic N) is 2. The second kappa shape index (κ2) is 11.1. The van der Waals surface area contributed by atoms with Crippen molar-refractivity contribution in [3.63, 3.8) is 0 Å². The number of carbonyl (C=O) groups excluding carboxylic acids is 2. The molecule has 0 bridgehead atoms. The summed E-state index contributed by atoms with van der Waals surface area (Å²) in [5.41, 5.74) is 3.64. The Morgan fingerprint density at radius 1 is 0.902 bits per heavy atom. The number of benzene rings is 4. The normalized spacial score (nSPS) is 20.0. The van der Waals surface area contributed by atoms with Gasteiger partial charge in [0.2, 0.25) is 0 Å². The average molecular weight is 587 g/mol. The molecule has 5 nitrogen and oxygen atoms in total. The van der Waals surface area contributed by atoms with Crippen LogP contribution in [0.5, 0.6) is 5.75 Å². The molecule has 3 atom stereocenters. The summed E-state index contributed by atoms with van der Waals surface area (Å²) >= 11 is 12.5. The van der Waals surface area contributed by atoms with Gasteiger partial charge in [-0.15, -0.1) is 0 Å². The molecule has 1 fully saturated rings. The van der Waals surface area contributed by atoms with Crippen molar-refractivity contribution in [2.45, 2.75) is 24.8 Å². The Morgan fingerprint density at radius 2 is 1.68 bits per heavy atom. The zero-order chi connectivity index (χ0) is 28.7. The Balaban J connectivity index is 1.53. The number of halogens is 3. The zero-order valence-electron chi connectivity index (χ0n) is 22.1. The molecule has 6 rings (SSSR count). The number of para-hydroxylation sites is 2. The highest BCUT2D eigenvalue weighted by atomic mass is 35.5. The number of carbonyl (C=O) groups is 2. The summed E-state index contributed by atoms with van der Waals surface area (Å²) in [6.07, 6.45) is 0.653. The first-order valence-corrected chi connectivity index (χ1v) is 14.0. The number of ether oxygens (including phenoxy) is 1. The Morgan fingerprint density at radius 3 is 2.41 bits per heavy atom. The number of ketones is 1. The molecule has 1 heterocycles. The van der Waals surface area contributed by atoms with Crippen LogP contribution in [0.2, 0.25) is 10.0 Å². The minimum absolute atomic E-state index is 0.0650. The molecule has 1 aliphatic heterocycles. The minimum atomic E-state index is -0.715. The fourth-order valence-corrected chi connectivity index (χ4v) is 6.14. The molecule has 0 aromatic heterocycles. The third-order valence-corrected chi connectivity index (χ3v) is 8.51. The van der Waals surface area contributed by atoms with Crippen LogP contribution in [0.15, 0.2) is 96.0 Å². The second-order valence-electron chi connectivity index (χ2n) is 10.2. The van der Waals surface area contributed by atoms with E-state index >= 15 is 0 Å². The van der Waals surface area contributed by atoms with Crippen LogP contribution in [0.3, 0.4) is 0 Å². The predicted molar refractivity (Wildman–Crippen MR) is 159 cm³/mol. The van der Waals surface area contributed by atoms with Crippen LogP contribution in [0.4, 0.5) is 15.8 Å². The molecular formula is C33H25Cl2FN2O3. The van der Waals surface area contributed by atoms with E-state index < -0.39 is 12.0 Å². The van der Waals surface area contributed by atoms with E-state index in [0.29, 0.717) is 39.8 Å². The lowest BCUT2D eigenvalue weighted by Gasteiger charge is -2.39. The predicted octanol–water partition coefficient (Wildman–Crippen LogP) is 8.38. The SMILES string of the molecule is COc1ccc(C2C3C(=O)CC(c4cccc(F)c4)CC3=Nc3ccccc3N2C(=O)c2ccc(Cl)c(Cl)c2)cc1. The molecule has 1 aliphatic carbocycles. The highest BCUT2D eigenvalue weighted by Crippen LogP contribution is 2.48. The monoisotopic (exact) mass is 586 g/mol. The van der Waals surface area contributed by atoms with Gasteiger partial charge in [-0.2, -0.15) is 0 Å². The molecule has 1 amide bonds. The Hall–Kier alpha value is -4.00. The van der Waals surface area contributed by atoms with E-state index in [1.54, 1.807) is 30.2 Å². The summed E-state index contributed by atoms with van der Waals surface area (Å²) in [6.45, 7) is 0. The Kier molecular flexibility index (Phi) is 7.37. The van der Waals surface area contributed by atoms with Crippen LogP contribution in [-0.2, 0) is 4.79 Å². The molecule has 4 aromatic rings. The van der Waals surface area contributed by atoms with Gasteiger partial charge in [0.15, 0.2) is 0 Å². The molecule has 41 heavy (non-hydrogen) atoms. The maximum absolute atomic E-state index is 14.4. The molecule has 0 saturated heterocycles. The standard InChI is InChI=1S/C33H25Cl2FN2O3/c1-41-24-12-9-19(10-13-24)32-31-28(17-22(18-30(31)39)20-5-4-6-23(36)15-20)37-27-7-2-3-8-29(27)38(32)33(40)21-11-14-25(34)26(35)16-21/h2-16,22,31-32H,17-18H2,1H3. The number of methoxy groups -OCH3 is 1. The van der Waals surface area contributed by atoms with Gasteiger partial charge in [-0.1, -0.05) is 59.6 Å². The summed E-state index contributed by atoms with van der Waals surface area (Å²) in [5, 5.41) is 0.591. The van der Waals surface area contributed by atoms with E-state index in [4.69, 9.17) is 32.9 Å². The zero-order valence-corrected chi connectivity index (χ0v) is 23.6. The topological polar surface area (TPSA) is 59.0 Å². The number of hydrogen-bond acceptors (Lipinski definition) is 4. The summed E-state index contributed by atoms with van der Waals surface area (Å²) in [4.78, 5) is 35.2. The van der Waals surface area contributed by atoms with E-state index in [-0.39, 0.29) is 34.9 Å². The van der Waals surface area contributed by atoms with E-state index in [2.05, 4.69) is 0 Å². The van der Waals surface area contributed by atoms with Gasteiger partial charge in [-0.3, -0.25) is 19.5 Å². The van der Waals surface area contributed by atoms with Crippen LogP contribution >= 0.6 is 23.2 Å². The van der Waals surface area contributed by atoms with Gasteiger partial charge in [0.1, 0.15) is 17.3 Å². The van der Waals surface area contributed by atoms with Gasteiger partial charge in [0, 0.05) is 17.7 Å². The summed E-state index contributed by atoms with van der Waals surface area (Å²) in [5.74, 6) is -1.04. The third-order valence-electron chi connectivity index (χ3n) is 7.77. The number of Topliss-reactive ketones (excluding diaryl/α,β-unsaturated/α-hetero) is 1. The Bertz CT molecular complexity index is 1690. The fourth-order valence-electron chi connectivity index (χ4n) is 5.84.